The van der Waals surface area contributed by atoms with Gasteiger partial charge in [-0.05, 0) is 45.8 Å². The number of rotatable bonds is 8. The standard InChI is InChI=1S/C12H26N2O/c1-3-6-13-11-12(2)15-10-9-14-7-4-5-8-14/h12-13H,3-11H2,1-2H3. The van der Waals surface area contributed by atoms with E-state index in [9.17, 15) is 0 Å². The molecular formula is C12H26N2O. The van der Waals surface area contributed by atoms with Gasteiger partial charge in [-0.3, -0.25) is 0 Å². The number of hydrogen-bond donors (Lipinski definition) is 1. The van der Waals surface area contributed by atoms with Gasteiger partial charge >= 0.3 is 0 Å². The van der Waals surface area contributed by atoms with E-state index in [0.717, 1.165) is 26.2 Å². The number of nitrogens with zero attached hydrogens (tertiary/aromatic N) is 1. The van der Waals surface area contributed by atoms with E-state index in [-0.39, 0.29) is 0 Å². The summed E-state index contributed by atoms with van der Waals surface area (Å²) in [5.74, 6) is 0. The van der Waals surface area contributed by atoms with Crippen LogP contribution in [-0.4, -0.2) is 50.3 Å². The van der Waals surface area contributed by atoms with Gasteiger partial charge in [0.15, 0.2) is 0 Å². The molecule has 1 aliphatic rings. The quantitative estimate of drug-likeness (QED) is 0.620. The number of ether oxygens (including phenoxy) is 1. The monoisotopic (exact) mass is 214 g/mol. The Morgan fingerprint density at radius 1 is 1.33 bits per heavy atom. The van der Waals surface area contributed by atoms with Crippen LogP contribution in [0.3, 0.4) is 0 Å². The maximum atomic E-state index is 5.75. The third-order valence-corrected chi connectivity index (χ3v) is 2.87. The Labute approximate surface area is 94.2 Å². The molecule has 3 nitrogen and oxygen atoms in total. The molecule has 0 saturated carbocycles. The molecule has 1 saturated heterocycles. The van der Waals surface area contributed by atoms with Gasteiger partial charge in [-0.25, -0.2) is 0 Å². The van der Waals surface area contributed by atoms with Gasteiger partial charge in [0.2, 0.25) is 0 Å². The highest BCUT2D eigenvalue weighted by molar-refractivity contribution is 4.65. The second kappa shape index (κ2) is 8.08. The third-order valence-electron chi connectivity index (χ3n) is 2.87. The molecule has 1 heterocycles. The summed E-state index contributed by atoms with van der Waals surface area (Å²) in [5, 5.41) is 3.37. The summed E-state index contributed by atoms with van der Waals surface area (Å²) in [6, 6.07) is 0. The summed E-state index contributed by atoms with van der Waals surface area (Å²) in [6.45, 7) is 10.9. The van der Waals surface area contributed by atoms with Crippen LogP contribution in [0.25, 0.3) is 0 Å². The van der Waals surface area contributed by atoms with E-state index in [4.69, 9.17) is 4.74 Å². The van der Waals surface area contributed by atoms with Crippen molar-refractivity contribution < 1.29 is 4.74 Å². The van der Waals surface area contributed by atoms with Crippen LogP contribution in [-0.2, 0) is 4.74 Å². The fourth-order valence-corrected chi connectivity index (χ4v) is 1.93. The summed E-state index contributed by atoms with van der Waals surface area (Å²) in [5.41, 5.74) is 0. The predicted octanol–water partition coefficient (Wildman–Crippen LogP) is 1.49. The molecule has 1 rings (SSSR count). The van der Waals surface area contributed by atoms with Crippen molar-refractivity contribution in [3.8, 4) is 0 Å². The fraction of sp³-hybridized carbons (Fsp3) is 1.00. The molecule has 0 amide bonds. The molecule has 0 spiro atoms. The summed E-state index contributed by atoms with van der Waals surface area (Å²) in [4.78, 5) is 2.49. The molecule has 0 aromatic rings. The van der Waals surface area contributed by atoms with Crippen molar-refractivity contribution in [2.45, 2.75) is 39.2 Å². The average Bonchev–Trinajstić information content (AvgIpc) is 2.71. The van der Waals surface area contributed by atoms with Gasteiger partial charge in [0.25, 0.3) is 0 Å². The molecule has 1 aliphatic heterocycles. The fourth-order valence-electron chi connectivity index (χ4n) is 1.93. The lowest BCUT2D eigenvalue weighted by atomic mass is 10.4. The van der Waals surface area contributed by atoms with Crippen molar-refractivity contribution in [3.63, 3.8) is 0 Å². The van der Waals surface area contributed by atoms with E-state index < -0.39 is 0 Å². The van der Waals surface area contributed by atoms with E-state index in [1.165, 1.54) is 32.4 Å². The topological polar surface area (TPSA) is 24.5 Å². The Kier molecular flexibility index (Phi) is 6.98. The van der Waals surface area contributed by atoms with Crippen LogP contribution in [0.4, 0.5) is 0 Å². The lowest BCUT2D eigenvalue weighted by Crippen LogP contribution is -2.31. The molecule has 1 N–H and O–H groups in total. The van der Waals surface area contributed by atoms with Crippen molar-refractivity contribution in [1.82, 2.24) is 10.2 Å². The zero-order valence-corrected chi connectivity index (χ0v) is 10.3. The van der Waals surface area contributed by atoms with E-state index in [1.807, 2.05) is 0 Å². The van der Waals surface area contributed by atoms with Crippen LogP contribution in [0.15, 0.2) is 0 Å². The highest BCUT2D eigenvalue weighted by atomic mass is 16.5. The normalized spacial score (nSPS) is 19.6. The zero-order valence-electron chi connectivity index (χ0n) is 10.3. The molecule has 1 fully saturated rings. The van der Waals surface area contributed by atoms with Gasteiger partial charge in [-0.15, -0.1) is 0 Å². The van der Waals surface area contributed by atoms with Gasteiger partial charge in [-0.1, -0.05) is 6.92 Å². The smallest absolute Gasteiger partial charge is 0.0672 e. The van der Waals surface area contributed by atoms with Crippen LogP contribution < -0.4 is 5.32 Å². The predicted molar refractivity (Wildman–Crippen MR) is 64.2 cm³/mol. The average molecular weight is 214 g/mol. The first-order valence-electron chi connectivity index (χ1n) is 6.37. The first-order chi connectivity index (χ1) is 7.33. The maximum absolute atomic E-state index is 5.75. The lowest BCUT2D eigenvalue weighted by molar-refractivity contribution is 0.0525. The first-order valence-corrected chi connectivity index (χ1v) is 6.37. The Hall–Kier alpha value is -0.120. The van der Waals surface area contributed by atoms with Gasteiger partial charge in [0.05, 0.1) is 12.7 Å². The minimum Gasteiger partial charge on any atom is -0.376 e. The molecule has 1 unspecified atom stereocenters. The molecule has 3 heteroatoms. The van der Waals surface area contributed by atoms with Crippen LogP contribution in [0.5, 0.6) is 0 Å². The Morgan fingerprint density at radius 2 is 2.07 bits per heavy atom. The van der Waals surface area contributed by atoms with Crippen molar-refractivity contribution in [2.75, 3.05) is 39.3 Å². The maximum Gasteiger partial charge on any atom is 0.0672 e. The van der Waals surface area contributed by atoms with Gasteiger partial charge in [0.1, 0.15) is 0 Å². The first kappa shape index (κ1) is 12.9. The van der Waals surface area contributed by atoms with Gasteiger partial charge < -0.3 is 15.0 Å². The van der Waals surface area contributed by atoms with Gasteiger partial charge in [-0.2, -0.15) is 0 Å². The van der Waals surface area contributed by atoms with Crippen LogP contribution in [0.1, 0.15) is 33.1 Å². The highest BCUT2D eigenvalue weighted by Gasteiger charge is 2.11. The third kappa shape index (κ3) is 6.13. The van der Waals surface area contributed by atoms with Crippen molar-refractivity contribution in [1.29, 1.82) is 0 Å². The molecule has 0 aromatic carbocycles. The second-order valence-corrected chi connectivity index (χ2v) is 4.43. The van der Waals surface area contributed by atoms with E-state index in [1.54, 1.807) is 0 Å². The van der Waals surface area contributed by atoms with Crippen molar-refractivity contribution in [2.24, 2.45) is 0 Å². The van der Waals surface area contributed by atoms with Crippen LogP contribution >= 0.6 is 0 Å². The molecule has 1 atom stereocenters. The lowest BCUT2D eigenvalue weighted by Gasteiger charge is -2.18. The zero-order chi connectivity index (χ0) is 10.9. The molecule has 15 heavy (non-hydrogen) atoms. The van der Waals surface area contributed by atoms with Crippen molar-refractivity contribution in [3.05, 3.63) is 0 Å². The van der Waals surface area contributed by atoms with E-state index in [0.29, 0.717) is 6.10 Å². The number of likely N-dealkylation sites (tertiary alicyclic amines) is 1. The second-order valence-electron chi connectivity index (χ2n) is 4.43. The summed E-state index contributed by atoms with van der Waals surface area (Å²) in [6.07, 6.45) is 4.28. The molecule has 0 radical (unpaired) electrons. The Morgan fingerprint density at radius 3 is 2.73 bits per heavy atom. The summed E-state index contributed by atoms with van der Waals surface area (Å²) >= 11 is 0. The summed E-state index contributed by atoms with van der Waals surface area (Å²) < 4.78 is 5.75. The molecule has 0 bridgehead atoms. The number of nitrogens with one attached hydrogen (secondary N) is 1. The van der Waals surface area contributed by atoms with Crippen LogP contribution in [0, 0.1) is 0 Å². The molecular weight excluding hydrogens is 188 g/mol. The van der Waals surface area contributed by atoms with Gasteiger partial charge in [0, 0.05) is 13.1 Å². The molecule has 0 aromatic heterocycles. The SMILES string of the molecule is CCCNCC(C)OCCN1CCCC1. The summed E-state index contributed by atoms with van der Waals surface area (Å²) in [7, 11) is 0. The largest absolute Gasteiger partial charge is 0.376 e. The van der Waals surface area contributed by atoms with Crippen LogP contribution in [0.2, 0.25) is 0 Å². The van der Waals surface area contributed by atoms with E-state index >= 15 is 0 Å². The highest BCUT2D eigenvalue weighted by Crippen LogP contribution is 2.06. The Bertz CT molecular complexity index is 147. The minimum atomic E-state index is 0.346. The molecule has 90 valence electrons. The number of hydrogen-bond acceptors (Lipinski definition) is 3. The Balaban J connectivity index is 1.89. The minimum absolute atomic E-state index is 0.346. The van der Waals surface area contributed by atoms with E-state index in [2.05, 4.69) is 24.1 Å². The molecule has 0 aliphatic carbocycles. The van der Waals surface area contributed by atoms with Crippen molar-refractivity contribution >= 4 is 0 Å².